The Morgan fingerprint density at radius 2 is 2.12 bits per heavy atom. The molecule has 0 atom stereocenters. The van der Waals surface area contributed by atoms with Crippen LogP contribution in [0.3, 0.4) is 0 Å². The summed E-state index contributed by atoms with van der Waals surface area (Å²) in [4.78, 5) is 16.8. The summed E-state index contributed by atoms with van der Waals surface area (Å²) >= 11 is 0. The Morgan fingerprint density at radius 3 is 2.84 bits per heavy atom. The van der Waals surface area contributed by atoms with Crippen LogP contribution in [0.15, 0.2) is 36.8 Å². The number of hydrogen-bond donors (Lipinski definition) is 1. The maximum Gasteiger partial charge on any atom is 0.223 e. The molecule has 1 amide bonds. The molecule has 2 heterocycles. The second-order valence-corrected chi connectivity index (χ2v) is 7.05. The maximum absolute atomic E-state index is 12.5. The molecule has 0 unspecified atom stereocenters. The van der Waals surface area contributed by atoms with Gasteiger partial charge >= 0.3 is 0 Å². The normalized spacial score (nSPS) is 20.4. The number of aromatic nitrogens is 3. The van der Waals surface area contributed by atoms with E-state index in [2.05, 4.69) is 22.3 Å². The molecular weight excluding hydrogens is 312 g/mol. The van der Waals surface area contributed by atoms with Crippen LogP contribution in [0.25, 0.3) is 5.82 Å². The van der Waals surface area contributed by atoms with Gasteiger partial charge in [-0.15, -0.1) is 0 Å². The number of nitrogens with one attached hydrogen (secondary N) is 1. The van der Waals surface area contributed by atoms with Crippen LogP contribution in [0.5, 0.6) is 0 Å². The number of carbonyl (C=O) groups is 1. The van der Waals surface area contributed by atoms with Gasteiger partial charge in [-0.25, -0.2) is 9.67 Å². The van der Waals surface area contributed by atoms with Crippen LogP contribution in [0.4, 0.5) is 0 Å². The van der Waals surface area contributed by atoms with Gasteiger partial charge in [0.25, 0.3) is 0 Å². The van der Waals surface area contributed by atoms with E-state index < -0.39 is 0 Å². The van der Waals surface area contributed by atoms with Crippen LogP contribution in [-0.4, -0.2) is 20.7 Å². The summed E-state index contributed by atoms with van der Waals surface area (Å²) in [5.74, 6) is 1.99. The summed E-state index contributed by atoms with van der Waals surface area (Å²) in [6.45, 7) is 2.79. The zero-order valence-corrected chi connectivity index (χ0v) is 15.0. The third-order valence-corrected chi connectivity index (χ3v) is 5.20. The van der Waals surface area contributed by atoms with Crippen molar-refractivity contribution >= 4 is 5.91 Å². The Hall–Kier alpha value is -2.17. The lowest BCUT2D eigenvalue weighted by atomic mass is 9.79. The Morgan fingerprint density at radius 1 is 1.28 bits per heavy atom. The van der Waals surface area contributed by atoms with Gasteiger partial charge in [0.2, 0.25) is 5.91 Å². The lowest BCUT2D eigenvalue weighted by Crippen LogP contribution is -2.32. The monoisotopic (exact) mass is 340 g/mol. The van der Waals surface area contributed by atoms with E-state index in [-0.39, 0.29) is 11.8 Å². The molecule has 0 radical (unpaired) electrons. The van der Waals surface area contributed by atoms with Crippen LogP contribution >= 0.6 is 0 Å². The van der Waals surface area contributed by atoms with Crippen molar-refractivity contribution in [1.29, 1.82) is 0 Å². The van der Waals surface area contributed by atoms with Crippen molar-refractivity contribution in [3.05, 3.63) is 42.4 Å². The smallest absolute Gasteiger partial charge is 0.223 e. The number of rotatable bonds is 7. The second kappa shape index (κ2) is 8.79. The molecule has 1 N–H and O–H groups in total. The summed E-state index contributed by atoms with van der Waals surface area (Å²) in [7, 11) is 0. The summed E-state index contributed by atoms with van der Waals surface area (Å²) in [6.07, 6.45) is 13.8. The van der Waals surface area contributed by atoms with E-state index in [1.54, 1.807) is 17.1 Å². The number of hydrogen-bond acceptors (Lipinski definition) is 3. The minimum atomic E-state index is 0.185. The second-order valence-electron chi connectivity index (χ2n) is 7.05. The topological polar surface area (TPSA) is 59.8 Å². The van der Waals surface area contributed by atoms with Crippen molar-refractivity contribution in [2.45, 2.75) is 58.4 Å². The molecule has 0 aliphatic heterocycles. The number of amides is 1. The molecule has 2 aromatic rings. The average Bonchev–Trinajstić information content (AvgIpc) is 3.20. The van der Waals surface area contributed by atoms with Crippen LogP contribution in [0.2, 0.25) is 0 Å². The maximum atomic E-state index is 12.5. The first-order valence-electron chi connectivity index (χ1n) is 9.49. The largest absolute Gasteiger partial charge is 0.352 e. The van der Waals surface area contributed by atoms with Crippen LogP contribution in [0.1, 0.15) is 57.4 Å². The zero-order chi connectivity index (χ0) is 17.5. The number of unbranched alkanes of at least 4 members (excludes halogenated alkanes) is 1. The van der Waals surface area contributed by atoms with Crippen molar-refractivity contribution in [1.82, 2.24) is 20.1 Å². The Bertz CT molecular complexity index is 660. The fourth-order valence-corrected chi connectivity index (χ4v) is 3.64. The van der Waals surface area contributed by atoms with E-state index in [9.17, 15) is 4.79 Å². The first-order chi connectivity index (χ1) is 12.3. The predicted molar refractivity (Wildman–Crippen MR) is 98.2 cm³/mol. The molecule has 2 aromatic heterocycles. The van der Waals surface area contributed by atoms with E-state index in [0.717, 1.165) is 30.1 Å². The fourth-order valence-electron chi connectivity index (χ4n) is 3.64. The lowest BCUT2D eigenvalue weighted by Gasteiger charge is -2.27. The lowest BCUT2D eigenvalue weighted by molar-refractivity contribution is -0.126. The molecule has 1 saturated carbocycles. The Kier molecular flexibility index (Phi) is 6.20. The molecule has 0 spiro atoms. The van der Waals surface area contributed by atoms with E-state index in [0.29, 0.717) is 6.54 Å². The summed E-state index contributed by atoms with van der Waals surface area (Å²) in [5.41, 5.74) is 1.05. The standard InChI is InChI=1S/C20H28N4O/c1-2-3-5-16-6-8-18(9-7-16)20(25)22-15-17-10-12-21-19(14-17)24-13-4-11-23-24/h4,10-14,16,18H,2-3,5-9,15H2,1H3,(H,22,25). The molecule has 1 fully saturated rings. The van der Waals surface area contributed by atoms with Crippen molar-refractivity contribution < 1.29 is 4.79 Å². The average molecular weight is 340 g/mol. The molecule has 0 bridgehead atoms. The molecule has 3 rings (SSSR count). The SMILES string of the molecule is CCCCC1CCC(C(=O)NCc2ccnc(-n3cccn3)c2)CC1. The van der Waals surface area contributed by atoms with Gasteiger partial charge in [-0.05, 0) is 55.4 Å². The third-order valence-electron chi connectivity index (χ3n) is 5.20. The van der Waals surface area contributed by atoms with E-state index >= 15 is 0 Å². The van der Waals surface area contributed by atoms with Crippen LogP contribution in [-0.2, 0) is 11.3 Å². The summed E-state index contributed by atoms with van der Waals surface area (Å²) in [6, 6.07) is 5.77. The third kappa shape index (κ3) is 4.91. The molecule has 5 heteroatoms. The molecule has 1 aliphatic rings. The summed E-state index contributed by atoms with van der Waals surface area (Å²) in [5, 5.41) is 7.29. The minimum absolute atomic E-state index is 0.185. The van der Waals surface area contributed by atoms with E-state index in [1.807, 2.05) is 24.4 Å². The highest BCUT2D eigenvalue weighted by Gasteiger charge is 2.25. The van der Waals surface area contributed by atoms with Crippen molar-refractivity contribution in [2.75, 3.05) is 0 Å². The number of nitrogens with zero attached hydrogens (tertiary/aromatic N) is 3. The zero-order valence-electron chi connectivity index (χ0n) is 15.0. The van der Waals surface area contributed by atoms with Crippen LogP contribution in [0, 0.1) is 11.8 Å². The minimum Gasteiger partial charge on any atom is -0.352 e. The van der Waals surface area contributed by atoms with Crippen LogP contribution < -0.4 is 5.32 Å². The van der Waals surface area contributed by atoms with Gasteiger partial charge < -0.3 is 5.32 Å². The van der Waals surface area contributed by atoms with Crippen molar-refractivity contribution in [3.63, 3.8) is 0 Å². The van der Waals surface area contributed by atoms with Crippen molar-refractivity contribution in [2.24, 2.45) is 11.8 Å². The van der Waals surface area contributed by atoms with Gasteiger partial charge in [-0.2, -0.15) is 5.10 Å². The van der Waals surface area contributed by atoms with Gasteiger partial charge in [0.1, 0.15) is 0 Å². The summed E-state index contributed by atoms with van der Waals surface area (Å²) < 4.78 is 1.73. The predicted octanol–water partition coefficient (Wildman–Crippen LogP) is 3.88. The highest BCUT2D eigenvalue weighted by molar-refractivity contribution is 5.78. The van der Waals surface area contributed by atoms with Crippen molar-refractivity contribution in [3.8, 4) is 5.82 Å². The van der Waals surface area contributed by atoms with Gasteiger partial charge in [0.05, 0.1) is 0 Å². The molecule has 5 nitrogen and oxygen atoms in total. The molecule has 1 aliphatic carbocycles. The first kappa shape index (κ1) is 17.6. The quantitative estimate of drug-likeness (QED) is 0.832. The molecular formula is C20H28N4O. The Labute approximate surface area is 149 Å². The van der Waals surface area contributed by atoms with Gasteiger partial charge in [-0.3, -0.25) is 4.79 Å². The van der Waals surface area contributed by atoms with E-state index in [4.69, 9.17) is 0 Å². The molecule has 0 saturated heterocycles. The highest BCUT2D eigenvalue weighted by atomic mass is 16.1. The molecule has 25 heavy (non-hydrogen) atoms. The first-order valence-corrected chi connectivity index (χ1v) is 9.49. The molecule has 134 valence electrons. The number of carbonyl (C=O) groups excluding carboxylic acids is 1. The fraction of sp³-hybridized carbons (Fsp3) is 0.550. The highest BCUT2D eigenvalue weighted by Crippen LogP contribution is 2.32. The van der Waals surface area contributed by atoms with Gasteiger partial charge in [-0.1, -0.05) is 26.2 Å². The number of pyridine rings is 1. The van der Waals surface area contributed by atoms with Gasteiger partial charge in [0.15, 0.2) is 5.82 Å². The molecule has 0 aromatic carbocycles. The van der Waals surface area contributed by atoms with E-state index in [1.165, 1.54) is 32.1 Å². The Balaban J connectivity index is 1.47. The van der Waals surface area contributed by atoms with Gasteiger partial charge in [0, 0.05) is 31.1 Å².